The van der Waals surface area contributed by atoms with E-state index in [-0.39, 0.29) is 18.5 Å². The topological polar surface area (TPSA) is 44.8 Å². The van der Waals surface area contributed by atoms with Crippen molar-refractivity contribution in [2.45, 2.75) is 31.6 Å². The van der Waals surface area contributed by atoms with E-state index < -0.39 is 0 Å². The Labute approximate surface area is 168 Å². The average molecular weight is 402 g/mol. The lowest BCUT2D eigenvalue weighted by Gasteiger charge is -2.36. The normalized spacial score (nSPS) is 14.6. The van der Waals surface area contributed by atoms with Gasteiger partial charge in [-0.15, -0.1) is 24.2 Å². The maximum Gasteiger partial charge on any atom is 0.407 e. The summed E-state index contributed by atoms with van der Waals surface area (Å²) in [6.07, 6.45) is 1.78. The highest BCUT2D eigenvalue weighted by Gasteiger charge is 2.18. The molecule has 1 saturated heterocycles. The molecule has 1 N–H and O–H groups in total. The third kappa shape index (κ3) is 7.64. The molecule has 2 rings (SSSR count). The minimum atomic E-state index is -0.312. The largest absolute Gasteiger partial charge is 0.450 e. The van der Waals surface area contributed by atoms with Crippen molar-refractivity contribution in [3.8, 4) is 0 Å². The van der Waals surface area contributed by atoms with Crippen LogP contribution in [0.5, 0.6) is 0 Å². The maximum absolute atomic E-state index is 11.2. The standard InChI is InChI=1S/C19H31N3O2S.ClH/c1-3-16-25-18-9-6-5-8-17(18)22-13-11-21(12-14-22)10-7-15-24-19(23)20-4-2;/h5-6,8-9H,3-4,7,10-16H2,1-2H3,(H,20,23);1H. The van der Waals surface area contributed by atoms with Gasteiger partial charge in [-0.05, 0) is 37.7 Å². The molecule has 1 aliphatic heterocycles. The van der Waals surface area contributed by atoms with Gasteiger partial charge in [0.1, 0.15) is 0 Å². The number of nitrogens with one attached hydrogen (secondary N) is 1. The van der Waals surface area contributed by atoms with E-state index in [1.54, 1.807) is 0 Å². The summed E-state index contributed by atoms with van der Waals surface area (Å²) in [6.45, 7) is 10.4. The number of hydrogen-bond acceptors (Lipinski definition) is 5. The fraction of sp³-hybridized carbons (Fsp3) is 0.632. The summed E-state index contributed by atoms with van der Waals surface area (Å²) < 4.78 is 5.13. The summed E-state index contributed by atoms with van der Waals surface area (Å²) in [5, 5.41) is 2.64. The van der Waals surface area contributed by atoms with E-state index in [9.17, 15) is 4.79 Å². The van der Waals surface area contributed by atoms with Crippen LogP contribution in [0.3, 0.4) is 0 Å². The summed E-state index contributed by atoms with van der Waals surface area (Å²) in [5.41, 5.74) is 1.38. The summed E-state index contributed by atoms with van der Waals surface area (Å²) in [6, 6.07) is 8.75. The molecule has 148 valence electrons. The van der Waals surface area contributed by atoms with Crippen molar-refractivity contribution in [1.29, 1.82) is 0 Å². The number of ether oxygens (including phenoxy) is 1. The first kappa shape index (κ1) is 22.9. The number of carbonyl (C=O) groups is 1. The first-order valence-corrected chi connectivity index (χ1v) is 10.3. The lowest BCUT2D eigenvalue weighted by Crippen LogP contribution is -2.47. The molecule has 1 amide bonds. The predicted molar refractivity (Wildman–Crippen MR) is 113 cm³/mol. The van der Waals surface area contributed by atoms with Gasteiger partial charge in [-0.2, -0.15) is 0 Å². The Kier molecular flexibility index (Phi) is 11.6. The van der Waals surface area contributed by atoms with Crippen LogP contribution >= 0.6 is 24.2 Å². The van der Waals surface area contributed by atoms with Crippen molar-refractivity contribution >= 4 is 35.9 Å². The molecular formula is C19H32ClN3O2S. The van der Waals surface area contributed by atoms with Crippen LogP contribution in [0.25, 0.3) is 0 Å². The fourth-order valence-electron chi connectivity index (χ4n) is 2.91. The molecular weight excluding hydrogens is 370 g/mol. The number of nitrogens with zero attached hydrogens (tertiary/aromatic N) is 2. The van der Waals surface area contributed by atoms with Gasteiger partial charge in [-0.25, -0.2) is 4.79 Å². The number of halogens is 1. The fourth-order valence-corrected chi connectivity index (χ4v) is 3.86. The van der Waals surface area contributed by atoms with E-state index in [1.807, 2.05) is 18.7 Å². The van der Waals surface area contributed by atoms with Gasteiger partial charge < -0.3 is 15.0 Å². The minimum absolute atomic E-state index is 0. The van der Waals surface area contributed by atoms with Gasteiger partial charge in [-0.1, -0.05) is 19.1 Å². The summed E-state index contributed by atoms with van der Waals surface area (Å²) in [7, 11) is 0. The number of para-hydroxylation sites is 1. The second kappa shape index (κ2) is 13.1. The number of alkyl carbamates (subject to hydrolysis) is 1. The Balaban J connectivity index is 0.00000338. The minimum Gasteiger partial charge on any atom is -0.450 e. The summed E-state index contributed by atoms with van der Waals surface area (Å²) in [5.74, 6) is 1.17. The molecule has 0 unspecified atom stereocenters. The number of amides is 1. The molecule has 1 aromatic carbocycles. The third-order valence-electron chi connectivity index (χ3n) is 4.21. The Hall–Kier alpha value is -1.11. The Morgan fingerprint density at radius 2 is 1.92 bits per heavy atom. The summed E-state index contributed by atoms with van der Waals surface area (Å²) >= 11 is 1.96. The van der Waals surface area contributed by atoms with Gasteiger partial charge >= 0.3 is 6.09 Å². The van der Waals surface area contributed by atoms with Crippen LogP contribution in [0, 0.1) is 0 Å². The Bertz CT molecular complexity index is 525. The zero-order valence-corrected chi connectivity index (χ0v) is 17.5. The highest BCUT2D eigenvalue weighted by Crippen LogP contribution is 2.31. The van der Waals surface area contributed by atoms with Crippen LogP contribution in [0.15, 0.2) is 29.2 Å². The van der Waals surface area contributed by atoms with E-state index in [0.29, 0.717) is 13.2 Å². The molecule has 0 spiro atoms. The number of benzene rings is 1. The lowest BCUT2D eigenvalue weighted by molar-refractivity contribution is 0.137. The molecule has 7 heteroatoms. The lowest BCUT2D eigenvalue weighted by atomic mass is 10.2. The van der Waals surface area contributed by atoms with Crippen molar-refractivity contribution < 1.29 is 9.53 Å². The molecule has 1 aliphatic rings. The SMILES string of the molecule is CCCSc1ccccc1N1CCN(CCCOC(=O)NCC)CC1.Cl. The van der Waals surface area contributed by atoms with Crippen molar-refractivity contribution in [3.63, 3.8) is 0 Å². The van der Waals surface area contributed by atoms with Crippen LogP contribution in [-0.4, -0.2) is 62.6 Å². The number of piperazine rings is 1. The molecule has 0 radical (unpaired) electrons. The zero-order valence-electron chi connectivity index (χ0n) is 15.9. The molecule has 26 heavy (non-hydrogen) atoms. The molecule has 1 fully saturated rings. The van der Waals surface area contributed by atoms with Crippen LogP contribution in [-0.2, 0) is 4.74 Å². The van der Waals surface area contributed by atoms with Crippen molar-refractivity contribution in [2.24, 2.45) is 0 Å². The van der Waals surface area contributed by atoms with Crippen LogP contribution in [0.1, 0.15) is 26.7 Å². The quantitative estimate of drug-likeness (QED) is 0.502. The molecule has 1 heterocycles. The van der Waals surface area contributed by atoms with Gasteiger partial charge in [0.05, 0.1) is 12.3 Å². The van der Waals surface area contributed by atoms with Crippen LogP contribution in [0.4, 0.5) is 10.5 Å². The van der Waals surface area contributed by atoms with Gasteiger partial charge in [0, 0.05) is 44.2 Å². The highest BCUT2D eigenvalue weighted by molar-refractivity contribution is 7.99. The van der Waals surface area contributed by atoms with Crippen LogP contribution in [0.2, 0.25) is 0 Å². The van der Waals surface area contributed by atoms with Gasteiger partial charge in [0.2, 0.25) is 0 Å². The smallest absolute Gasteiger partial charge is 0.407 e. The zero-order chi connectivity index (χ0) is 17.9. The van der Waals surface area contributed by atoms with Crippen molar-refractivity contribution in [1.82, 2.24) is 10.2 Å². The Morgan fingerprint density at radius 3 is 2.62 bits per heavy atom. The van der Waals surface area contributed by atoms with E-state index in [4.69, 9.17) is 4.74 Å². The molecule has 0 aromatic heterocycles. The van der Waals surface area contributed by atoms with E-state index >= 15 is 0 Å². The third-order valence-corrected chi connectivity index (χ3v) is 5.48. The van der Waals surface area contributed by atoms with Gasteiger partial charge in [0.15, 0.2) is 0 Å². The molecule has 1 aromatic rings. The first-order chi connectivity index (χ1) is 12.2. The molecule has 0 bridgehead atoms. The van der Waals surface area contributed by atoms with Crippen molar-refractivity contribution in [2.75, 3.05) is 56.5 Å². The average Bonchev–Trinajstić information content (AvgIpc) is 2.64. The summed E-state index contributed by atoms with van der Waals surface area (Å²) in [4.78, 5) is 17.6. The second-order valence-electron chi connectivity index (χ2n) is 6.16. The van der Waals surface area contributed by atoms with E-state index in [1.165, 1.54) is 22.8 Å². The highest BCUT2D eigenvalue weighted by atomic mass is 35.5. The molecule has 5 nitrogen and oxygen atoms in total. The number of hydrogen-bond donors (Lipinski definition) is 1. The molecule has 0 saturated carbocycles. The Morgan fingerprint density at radius 1 is 1.19 bits per heavy atom. The number of anilines is 1. The second-order valence-corrected chi connectivity index (χ2v) is 7.30. The van der Waals surface area contributed by atoms with Gasteiger partial charge in [-0.3, -0.25) is 4.90 Å². The van der Waals surface area contributed by atoms with Crippen molar-refractivity contribution in [3.05, 3.63) is 24.3 Å². The molecule has 0 atom stereocenters. The molecule has 0 aliphatic carbocycles. The van der Waals surface area contributed by atoms with E-state index in [2.05, 4.69) is 46.3 Å². The van der Waals surface area contributed by atoms with E-state index in [0.717, 1.165) is 39.1 Å². The predicted octanol–water partition coefficient (Wildman–Crippen LogP) is 3.87. The number of rotatable bonds is 9. The maximum atomic E-state index is 11.2. The number of carbonyl (C=O) groups excluding carboxylic acids is 1. The monoisotopic (exact) mass is 401 g/mol. The van der Waals surface area contributed by atoms with Gasteiger partial charge in [0.25, 0.3) is 0 Å². The first-order valence-electron chi connectivity index (χ1n) is 9.34. The number of thioether (sulfide) groups is 1. The van der Waals surface area contributed by atoms with Crippen LogP contribution < -0.4 is 10.2 Å².